The maximum Gasteiger partial charge on any atom is 0.306 e. The minimum Gasteiger partial charge on any atom is -0.462 e. The van der Waals surface area contributed by atoms with Crippen molar-refractivity contribution in [2.75, 3.05) is 6.61 Å². The SMILES string of the molecule is CCCCC/C=C\C/C=C\C/C=C\CCCCCCCCC(=O)OC(CCCCCCC/C=C\CCCCCC)CC(=O)NC(CO)C(O)CCCCCCCCCCCC. The topological polar surface area (TPSA) is 95.9 Å². The van der Waals surface area contributed by atoms with Crippen LogP contribution in [0.4, 0.5) is 0 Å². The fourth-order valence-corrected chi connectivity index (χ4v) is 7.84. The van der Waals surface area contributed by atoms with E-state index < -0.39 is 18.2 Å². The first-order valence-electron chi connectivity index (χ1n) is 26.4. The lowest BCUT2D eigenvalue weighted by molar-refractivity contribution is -0.151. The standard InChI is InChI=1S/C55H101NO5/c1-4-7-10-13-16-19-22-24-25-26-27-28-29-31-33-36-39-42-45-48-55(60)61-51(46-43-40-37-34-32-30-23-20-17-14-11-8-5-2)49-54(59)56-52(50-57)53(58)47-44-41-38-35-21-18-15-12-9-6-3/h16,19-20,23-25,27-28,51-53,57-58H,4-15,17-18,21-22,26,29-50H2,1-3H3,(H,56,59)/b19-16-,23-20-,25-24-,28-27-. The second-order valence-corrected chi connectivity index (χ2v) is 17.9. The van der Waals surface area contributed by atoms with Crippen molar-refractivity contribution >= 4 is 11.9 Å². The first kappa shape index (κ1) is 58.8. The van der Waals surface area contributed by atoms with Gasteiger partial charge in [-0.3, -0.25) is 9.59 Å². The Labute approximate surface area is 378 Å². The van der Waals surface area contributed by atoms with Crippen LogP contribution in [0.2, 0.25) is 0 Å². The van der Waals surface area contributed by atoms with Gasteiger partial charge in [0, 0.05) is 6.42 Å². The van der Waals surface area contributed by atoms with Crippen LogP contribution in [0.25, 0.3) is 0 Å². The number of carbonyl (C=O) groups is 2. The first-order valence-corrected chi connectivity index (χ1v) is 26.4. The van der Waals surface area contributed by atoms with Crippen molar-refractivity contribution in [3.63, 3.8) is 0 Å². The molecule has 6 heteroatoms. The van der Waals surface area contributed by atoms with E-state index in [1.807, 2.05) is 0 Å². The van der Waals surface area contributed by atoms with Crippen LogP contribution in [0.3, 0.4) is 0 Å². The van der Waals surface area contributed by atoms with Crippen LogP contribution in [0.15, 0.2) is 48.6 Å². The van der Waals surface area contributed by atoms with Crippen molar-refractivity contribution in [2.24, 2.45) is 0 Å². The summed E-state index contributed by atoms with van der Waals surface area (Å²) in [5.74, 6) is -0.492. The third-order valence-corrected chi connectivity index (χ3v) is 11.9. The Bertz CT molecular complexity index is 1050. The lowest BCUT2D eigenvalue weighted by Gasteiger charge is -2.24. The molecule has 0 aliphatic rings. The van der Waals surface area contributed by atoms with Gasteiger partial charge in [0.05, 0.1) is 25.2 Å². The molecule has 1 amide bonds. The number of amides is 1. The highest BCUT2D eigenvalue weighted by atomic mass is 16.5. The molecule has 0 radical (unpaired) electrons. The van der Waals surface area contributed by atoms with Crippen LogP contribution < -0.4 is 5.32 Å². The van der Waals surface area contributed by atoms with E-state index in [0.29, 0.717) is 19.3 Å². The van der Waals surface area contributed by atoms with E-state index in [2.05, 4.69) is 74.7 Å². The minimum atomic E-state index is -0.791. The summed E-state index contributed by atoms with van der Waals surface area (Å²) in [6, 6.07) is -0.705. The highest BCUT2D eigenvalue weighted by Gasteiger charge is 2.24. The fourth-order valence-electron chi connectivity index (χ4n) is 7.84. The summed E-state index contributed by atoms with van der Waals surface area (Å²) in [7, 11) is 0. The van der Waals surface area contributed by atoms with Crippen LogP contribution in [0.5, 0.6) is 0 Å². The number of hydrogen-bond acceptors (Lipinski definition) is 5. The molecular weight excluding hydrogens is 755 g/mol. The number of unbranched alkanes of at least 4 members (excludes halogenated alkanes) is 27. The average Bonchev–Trinajstić information content (AvgIpc) is 3.25. The van der Waals surface area contributed by atoms with Gasteiger partial charge in [-0.05, 0) is 89.9 Å². The minimum absolute atomic E-state index is 0.0670. The Morgan fingerprint density at radius 3 is 1.33 bits per heavy atom. The number of rotatable bonds is 47. The highest BCUT2D eigenvalue weighted by Crippen LogP contribution is 2.18. The molecule has 0 spiro atoms. The molecule has 0 heterocycles. The molecule has 0 saturated carbocycles. The Morgan fingerprint density at radius 2 is 0.836 bits per heavy atom. The van der Waals surface area contributed by atoms with Crippen LogP contribution in [-0.2, 0) is 14.3 Å². The lowest BCUT2D eigenvalue weighted by atomic mass is 10.0. The number of esters is 1. The van der Waals surface area contributed by atoms with Gasteiger partial charge in [-0.2, -0.15) is 0 Å². The molecule has 6 nitrogen and oxygen atoms in total. The molecule has 0 rings (SSSR count). The van der Waals surface area contributed by atoms with Crippen LogP contribution in [0, 0.1) is 0 Å². The molecule has 0 aromatic carbocycles. The van der Waals surface area contributed by atoms with Gasteiger partial charge in [0.15, 0.2) is 0 Å². The predicted molar refractivity (Wildman–Crippen MR) is 264 cm³/mol. The molecule has 0 fully saturated rings. The van der Waals surface area contributed by atoms with Gasteiger partial charge < -0.3 is 20.3 Å². The molecule has 0 aliphatic heterocycles. The van der Waals surface area contributed by atoms with Crippen molar-refractivity contribution in [3.05, 3.63) is 48.6 Å². The third-order valence-electron chi connectivity index (χ3n) is 11.9. The van der Waals surface area contributed by atoms with Gasteiger partial charge in [0.2, 0.25) is 5.91 Å². The van der Waals surface area contributed by atoms with Crippen LogP contribution in [-0.4, -0.2) is 46.9 Å². The van der Waals surface area contributed by atoms with E-state index in [0.717, 1.165) is 83.5 Å². The maximum absolute atomic E-state index is 13.2. The summed E-state index contributed by atoms with van der Waals surface area (Å²) in [5, 5.41) is 23.7. The number of aliphatic hydroxyl groups excluding tert-OH is 2. The van der Waals surface area contributed by atoms with Crippen molar-refractivity contribution in [3.8, 4) is 0 Å². The fraction of sp³-hybridized carbons (Fsp3) is 0.818. The molecule has 3 unspecified atom stereocenters. The summed E-state index contributed by atoms with van der Waals surface area (Å²) in [6.45, 7) is 6.43. The largest absolute Gasteiger partial charge is 0.462 e. The van der Waals surface area contributed by atoms with Gasteiger partial charge >= 0.3 is 5.97 Å². The van der Waals surface area contributed by atoms with Gasteiger partial charge in [0.25, 0.3) is 0 Å². The average molecular weight is 856 g/mol. The number of hydrogen-bond donors (Lipinski definition) is 3. The summed E-state index contributed by atoms with van der Waals surface area (Å²) in [6.07, 6.45) is 58.8. The van der Waals surface area contributed by atoms with Crippen LogP contribution in [0.1, 0.15) is 265 Å². The van der Waals surface area contributed by atoms with E-state index in [1.54, 1.807) is 0 Å². The smallest absolute Gasteiger partial charge is 0.306 e. The number of ether oxygens (including phenoxy) is 1. The molecule has 3 N–H and O–H groups in total. The molecule has 0 saturated heterocycles. The Hall–Kier alpha value is -2.18. The third kappa shape index (κ3) is 44.2. The zero-order chi connectivity index (χ0) is 44.5. The number of carbonyl (C=O) groups excluding carboxylic acids is 2. The summed E-state index contributed by atoms with van der Waals surface area (Å²) >= 11 is 0. The lowest BCUT2D eigenvalue weighted by Crippen LogP contribution is -2.46. The molecular formula is C55H101NO5. The second kappa shape index (κ2) is 48.8. The number of allylic oxidation sites excluding steroid dienone is 8. The van der Waals surface area contributed by atoms with Crippen molar-refractivity contribution in [1.29, 1.82) is 0 Å². The Kier molecular flexibility index (Phi) is 47.1. The van der Waals surface area contributed by atoms with Gasteiger partial charge in [0.1, 0.15) is 6.10 Å². The first-order chi connectivity index (χ1) is 30.0. The Morgan fingerprint density at radius 1 is 0.475 bits per heavy atom. The maximum atomic E-state index is 13.2. The van der Waals surface area contributed by atoms with Gasteiger partial charge in [-0.25, -0.2) is 0 Å². The van der Waals surface area contributed by atoms with E-state index in [9.17, 15) is 19.8 Å². The molecule has 3 atom stereocenters. The zero-order valence-corrected chi connectivity index (χ0v) is 40.5. The van der Waals surface area contributed by atoms with E-state index in [4.69, 9.17) is 4.74 Å². The number of nitrogens with one attached hydrogen (secondary N) is 1. The normalized spacial score (nSPS) is 13.6. The monoisotopic (exact) mass is 856 g/mol. The number of aliphatic hydroxyl groups is 2. The van der Waals surface area contributed by atoms with Crippen molar-refractivity contribution < 1.29 is 24.5 Å². The molecule has 0 aromatic rings. The van der Waals surface area contributed by atoms with Crippen molar-refractivity contribution in [1.82, 2.24) is 5.32 Å². The molecule has 0 bridgehead atoms. The Balaban J connectivity index is 4.56. The molecule has 0 aliphatic carbocycles. The van der Waals surface area contributed by atoms with Crippen LogP contribution >= 0.6 is 0 Å². The molecule has 0 aromatic heterocycles. The zero-order valence-electron chi connectivity index (χ0n) is 40.5. The van der Waals surface area contributed by atoms with E-state index in [1.165, 1.54) is 135 Å². The molecule has 356 valence electrons. The predicted octanol–water partition coefficient (Wildman–Crippen LogP) is 15.8. The van der Waals surface area contributed by atoms with Gasteiger partial charge in [-0.15, -0.1) is 0 Å². The van der Waals surface area contributed by atoms with E-state index >= 15 is 0 Å². The summed E-state index contributed by atoms with van der Waals surface area (Å²) in [5.41, 5.74) is 0. The van der Waals surface area contributed by atoms with E-state index in [-0.39, 0.29) is 24.9 Å². The summed E-state index contributed by atoms with van der Waals surface area (Å²) < 4.78 is 5.93. The highest BCUT2D eigenvalue weighted by molar-refractivity contribution is 5.77. The quantitative estimate of drug-likeness (QED) is 0.0322. The van der Waals surface area contributed by atoms with Gasteiger partial charge in [-0.1, -0.05) is 211 Å². The second-order valence-electron chi connectivity index (χ2n) is 17.9. The van der Waals surface area contributed by atoms with Crippen molar-refractivity contribution in [2.45, 2.75) is 283 Å². The summed E-state index contributed by atoms with van der Waals surface area (Å²) in [4.78, 5) is 26.1. The molecule has 61 heavy (non-hydrogen) atoms.